The molecule has 5 aliphatic heterocycles. The zero-order valence-corrected chi connectivity index (χ0v) is 47.3. The van der Waals surface area contributed by atoms with E-state index in [-0.39, 0.29) is 34.7 Å². The van der Waals surface area contributed by atoms with Crippen molar-refractivity contribution in [1.82, 2.24) is 39.9 Å². The number of amides is 2. The molecule has 2 amide bonds. The Hall–Kier alpha value is -5.69. The van der Waals surface area contributed by atoms with Crippen molar-refractivity contribution in [3.05, 3.63) is 122 Å². The van der Waals surface area contributed by atoms with Crippen LogP contribution in [0.1, 0.15) is 136 Å². The Balaban J connectivity index is 0.000000143. The van der Waals surface area contributed by atoms with E-state index in [1.807, 2.05) is 42.6 Å². The molecule has 7 heterocycles. The zero-order valence-electron chi connectivity index (χ0n) is 45.8. The van der Waals surface area contributed by atoms with Gasteiger partial charge in [0.2, 0.25) is 12.3 Å². The van der Waals surface area contributed by atoms with Crippen molar-refractivity contribution in [3.8, 4) is 16.1 Å². The van der Waals surface area contributed by atoms with Crippen molar-refractivity contribution in [2.45, 2.75) is 121 Å². The second-order valence-electron chi connectivity index (χ2n) is 22.5. The first-order valence-electron chi connectivity index (χ1n) is 28.1. The van der Waals surface area contributed by atoms with Gasteiger partial charge in [-0.15, -0.1) is 11.3 Å². The predicted molar refractivity (Wildman–Crippen MR) is 307 cm³/mol. The molecular formula is C60H78ClN9O7S. The molecule has 16 nitrogen and oxygen atoms in total. The summed E-state index contributed by atoms with van der Waals surface area (Å²) in [7, 11) is 2.19. The number of nitrogens with one attached hydrogen (secondary N) is 2. The van der Waals surface area contributed by atoms with E-state index < -0.39 is 5.97 Å². The van der Waals surface area contributed by atoms with Crippen LogP contribution in [0.15, 0.2) is 82.9 Å². The Morgan fingerprint density at radius 3 is 2.29 bits per heavy atom. The average Bonchev–Trinajstić information content (AvgIpc) is 4.40. The number of nitrogens with zero attached hydrogens (tertiary/aromatic N) is 6. The quantitative estimate of drug-likeness (QED) is 0.0817. The third-order valence-corrected chi connectivity index (χ3v) is 18.2. The van der Waals surface area contributed by atoms with E-state index in [4.69, 9.17) is 26.8 Å². The number of thiazole rings is 1. The van der Waals surface area contributed by atoms with Crippen LogP contribution in [0.4, 0.5) is 0 Å². The lowest BCUT2D eigenvalue weighted by molar-refractivity contribution is -0.136. The smallest absolute Gasteiger partial charge is 0.356 e. The van der Waals surface area contributed by atoms with E-state index in [0.29, 0.717) is 65.3 Å². The third-order valence-electron chi connectivity index (χ3n) is 17.1. The molecule has 3 atom stereocenters. The van der Waals surface area contributed by atoms with Crippen LogP contribution in [0, 0.1) is 11.8 Å². The molecule has 1 saturated carbocycles. The molecule has 11 rings (SSSR count). The van der Waals surface area contributed by atoms with Crippen LogP contribution in [-0.4, -0.2) is 137 Å². The zero-order chi connectivity index (χ0) is 54.9. The molecule has 418 valence electrons. The Morgan fingerprint density at radius 1 is 0.897 bits per heavy atom. The first-order valence-corrected chi connectivity index (χ1v) is 29.4. The Morgan fingerprint density at radius 2 is 1.62 bits per heavy atom. The van der Waals surface area contributed by atoms with Crippen molar-refractivity contribution in [2.24, 2.45) is 17.6 Å². The highest BCUT2D eigenvalue weighted by molar-refractivity contribution is 7.13. The number of carboxylic acid groups (broad SMARTS) is 1. The number of fused-ring (bicyclic) bond motifs is 5. The molecule has 0 radical (unpaired) electrons. The Bertz CT molecular complexity index is 2960. The molecule has 5 fully saturated rings. The standard InChI is InChI=1S/C23H24ClN3O.C20H35N3O2.C17H19N3O4S/c1-23(2)16-8-7-15(14-9-11-26(3)12-10-14)13-19(16)27-18-6-4-5-17(24)20(18)21(28)25-22(23)27;1-15-6-5-11-23(15)20(24)19(17-9-12-25-13-10-17)22-14-18(21)16-7-3-2-4-8-16;21-10-18-14(9-20-5-7-24-8-6-20)12-1-3-13(4-2-12)16-15(17(22)23)19-11-25-16/h4-8,13-14H,9-12H2,1-3H3;14-17,19,22H,2-13,21H2,1H3;1-4,10-11,14H,5-9H2,(H,18,21)(H,22,23)/b;18-14-;. The topological polar surface area (TPSA) is 197 Å². The van der Waals surface area contributed by atoms with E-state index in [1.165, 1.54) is 72.9 Å². The summed E-state index contributed by atoms with van der Waals surface area (Å²) in [5.74, 6) is 1.42. The number of ether oxygens (including phenoxy) is 2. The predicted octanol–water partition coefficient (Wildman–Crippen LogP) is 8.88. The van der Waals surface area contributed by atoms with E-state index in [9.17, 15) is 24.3 Å². The highest BCUT2D eigenvalue weighted by Gasteiger charge is 2.40. The average molecular weight is 1100 g/mol. The van der Waals surface area contributed by atoms with Gasteiger partial charge < -0.3 is 40.7 Å². The summed E-state index contributed by atoms with van der Waals surface area (Å²) < 4.78 is 13.0. The van der Waals surface area contributed by atoms with Gasteiger partial charge in [0.15, 0.2) is 5.69 Å². The fourth-order valence-electron chi connectivity index (χ4n) is 12.4. The van der Waals surface area contributed by atoms with Gasteiger partial charge in [-0.25, -0.2) is 9.78 Å². The summed E-state index contributed by atoms with van der Waals surface area (Å²) in [4.78, 5) is 63.8. The molecule has 0 spiro atoms. The maximum Gasteiger partial charge on any atom is 0.356 e. The summed E-state index contributed by atoms with van der Waals surface area (Å²) in [6, 6.07) is 20.1. The summed E-state index contributed by atoms with van der Waals surface area (Å²) in [5.41, 5.74) is 14.7. The van der Waals surface area contributed by atoms with Gasteiger partial charge >= 0.3 is 5.97 Å². The normalized spacial score (nSPS) is 21.1. The second kappa shape index (κ2) is 26.1. The molecule has 18 heteroatoms. The van der Waals surface area contributed by atoms with Gasteiger partial charge in [-0.1, -0.05) is 73.3 Å². The number of likely N-dealkylation sites (tertiary alicyclic amines) is 2. The molecule has 3 unspecified atom stereocenters. The number of aromatic nitrogens is 3. The minimum Gasteiger partial charge on any atom is -0.476 e. The number of carboxylic acids is 1. The van der Waals surface area contributed by atoms with Crippen molar-refractivity contribution in [3.63, 3.8) is 0 Å². The highest BCUT2D eigenvalue weighted by Crippen LogP contribution is 2.45. The van der Waals surface area contributed by atoms with Crippen LogP contribution >= 0.6 is 22.9 Å². The van der Waals surface area contributed by atoms with Crippen molar-refractivity contribution >= 4 is 52.1 Å². The van der Waals surface area contributed by atoms with Gasteiger partial charge in [0.25, 0.3) is 5.56 Å². The largest absolute Gasteiger partial charge is 0.476 e. The monoisotopic (exact) mass is 1100 g/mol. The van der Waals surface area contributed by atoms with Gasteiger partial charge in [0.1, 0.15) is 11.9 Å². The maximum absolute atomic E-state index is 13.2. The van der Waals surface area contributed by atoms with E-state index in [0.717, 1.165) is 105 Å². The molecule has 5 aromatic rings. The lowest BCUT2D eigenvalue weighted by atomic mass is 9.83. The molecule has 2 aromatic heterocycles. The number of aromatic carboxylic acids is 1. The Kier molecular flexibility index (Phi) is 19.0. The number of carbonyl (C=O) groups excluding carboxylic acids is 2. The van der Waals surface area contributed by atoms with Gasteiger partial charge in [0, 0.05) is 57.3 Å². The van der Waals surface area contributed by atoms with E-state index in [2.05, 4.69) is 85.9 Å². The van der Waals surface area contributed by atoms with E-state index in [1.54, 1.807) is 6.07 Å². The van der Waals surface area contributed by atoms with Crippen LogP contribution in [0.25, 0.3) is 27.0 Å². The maximum atomic E-state index is 13.2. The van der Waals surface area contributed by atoms with Crippen LogP contribution < -0.4 is 21.9 Å². The minimum atomic E-state index is -1.03. The molecule has 4 saturated heterocycles. The molecule has 0 bridgehead atoms. The fraction of sp³-hybridized carbons (Fsp3) is 0.533. The molecular weight excluding hydrogens is 1030 g/mol. The number of allylic oxidation sites excluding steroid dienone is 1. The number of morpholine rings is 1. The number of hydrogen-bond donors (Lipinski definition) is 4. The lowest BCUT2D eigenvalue weighted by Crippen LogP contribution is -2.51. The van der Waals surface area contributed by atoms with Crippen LogP contribution in [0.5, 0.6) is 0 Å². The van der Waals surface area contributed by atoms with E-state index >= 15 is 0 Å². The van der Waals surface area contributed by atoms with Crippen LogP contribution in [0.3, 0.4) is 0 Å². The summed E-state index contributed by atoms with van der Waals surface area (Å²) in [5, 5.41) is 16.5. The first-order chi connectivity index (χ1) is 37.7. The fourth-order valence-corrected chi connectivity index (χ4v) is 13.4. The molecule has 6 aliphatic rings. The number of piperidine rings is 1. The molecule has 5 N–H and O–H groups in total. The van der Waals surface area contributed by atoms with Gasteiger partial charge in [0.05, 0.1) is 56.7 Å². The van der Waals surface area contributed by atoms with Crippen LogP contribution in [-0.2, 0) is 24.5 Å². The summed E-state index contributed by atoms with van der Waals surface area (Å²) >= 11 is 7.67. The highest BCUT2D eigenvalue weighted by atomic mass is 35.5. The number of benzene rings is 3. The third kappa shape index (κ3) is 13.0. The first kappa shape index (κ1) is 57.0. The number of carbonyl (C=O) groups is 3. The van der Waals surface area contributed by atoms with Gasteiger partial charge in [-0.3, -0.25) is 23.9 Å². The molecule has 1 aliphatic carbocycles. The van der Waals surface area contributed by atoms with Crippen molar-refractivity contribution < 1.29 is 29.0 Å². The van der Waals surface area contributed by atoms with Crippen molar-refractivity contribution in [2.75, 3.05) is 72.7 Å². The molecule has 78 heavy (non-hydrogen) atoms. The second-order valence-corrected chi connectivity index (χ2v) is 23.8. The van der Waals surface area contributed by atoms with Gasteiger partial charge in [-0.2, -0.15) is 4.98 Å². The number of rotatable bonds is 13. The number of nitrogens with two attached hydrogens (primary N) is 1. The number of halogens is 1. The van der Waals surface area contributed by atoms with Crippen LogP contribution in [0.2, 0.25) is 5.02 Å². The van der Waals surface area contributed by atoms with Gasteiger partial charge in [-0.05, 0) is 150 Å². The summed E-state index contributed by atoms with van der Waals surface area (Å²) in [6.45, 7) is 14.9. The molecule has 3 aromatic carbocycles. The SMILES string of the molecule is CC1CCCN1C(=O)C(N/C=C(\N)C1CCCCC1)C1CCOCC1.CN1CCC(c2ccc3c(c2)-n2c(nc(=O)c4c(Cl)cccc42)C3(C)C)CC1.O=CNC(CN1CCOCC1)c1ccc(-c2scnc2C(=O)O)cc1. The Labute approximate surface area is 467 Å². The lowest BCUT2D eigenvalue weighted by Gasteiger charge is -2.34. The van der Waals surface area contributed by atoms with Crippen molar-refractivity contribution in [1.29, 1.82) is 0 Å². The number of hydrogen-bond acceptors (Lipinski definition) is 13. The summed E-state index contributed by atoms with van der Waals surface area (Å²) in [6.07, 6.45) is 15.4. The minimum absolute atomic E-state index is 0.0635.